The van der Waals surface area contributed by atoms with E-state index in [1.54, 1.807) is 12.1 Å². The van der Waals surface area contributed by atoms with Gasteiger partial charge in [0, 0.05) is 10.0 Å². The van der Waals surface area contributed by atoms with Gasteiger partial charge in [0.15, 0.2) is 0 Å². The van der Waals surface area contributed by atoms with Crippen LogP contribution in [0.5, 0.6) is 0 Å². The van der Waals surface area contributed by atoms with Crippen molar-refractivity contribution in [1.29, 1.82) is 0 Å². The molecule has 0 bridgehead atoms. The third kappa shape index (κ3) is 4.67. The fourth-order valence-corrected chi connectivity index (χ4v) is 2.02. The maximum Gasteiger partial charge on any atom is 0.326 e. The highest BCUT2D eigenvalue weighted by Crippen LogP contribution is 2.17. The number of unbranched alkanes of at least 4 members (excludes halogenated alkanes) is 1. The Morgan fingerprint density at radius 2 is 2.11 bits per heavy atom. The van der Waals surface area contributed by atoms with Gasteiger partial charge in [0.1, 0.15) is 6.04 Å². The summed E-state index contributed by atoms with van der Waals surface area (Å²) in [7, 11) is 0. The molecular formula is C14H18BrNO3. The van der Waals surface area contributed by atoms with Crippen LogP contribution in [0.2, 0.25) is 0 Å². The molecule has 0 fully saturated rings. The van der Waals surface area contributed by atoms with Crippen molar-refractivity contribution in [2.24, 2.45) is 0 Å². The summed E-state index contributed by atoms with van der Waals surface area (Å²) >= 11 is 3.36. The second-order valence-corrected chi connectivity index (χ2v) is 5.32. The number of amides is 1. The molecule has 1 atom stereocenters. The minimum Gasteiger partial charge on any atom is -0.480 e. The van der Waals surface area contributed by atoms with Crippen LogP contribution < -0.4 is 5.32 Å². The van der Waals surface area contributed by atoms with Crippen LogP contribution in [0.25, 0.3) is 0 Å². The van der Waals surface area contributed by atoms with Crippen molar-refractivity contribution < 1.29 is 14.7 Å². The van der Waals surface area contributed by atoms with E-state index < -0.39 is 12.0 Å². The fraction of sp³-hybridized carbons (Fsp3) is 0.429. The third-order valence-corrected chi connectivity index (χ3v) is 3.74. The Morgan fingerprint density at radius 3 is 2.63 bits per heavy atom. The van der Waals surface area contributed by atoms with Crippen LogP contribution in [-0.4, -0.2) is 23.0 Å². The lowest BCUT2D eigenvalue weighted by molar-refractivity contribution is -0.139. The van der Waals surface area contributed by atoms with Gasteiger partial charge in [-0.05, 0) is 31.0 Å². The van der Waals surface area contributed by atoms with E-state index in [-0.39, 0.29) is 5.91 Å². The summed E-state index contributed by atoms with van der Waals surface area (Å²) in [6.45, 7) is 3.91. The van der Waals surface area contributed by atoms with E-state index in [2.05, 4.69) is 21.2 Å². The SMILES string of the molecule is CCCC[C@H](NC(=O)c1ccc(C)c(Br)c1)C(=O)O. The van der Waals surface area contributed by atoms with Crippen LogP contribution in [0.3, 0.4) is 0 Å². The molecular weight excluding hydrogens is 310 g/mol. The van der Waals surface area contributed by atoms with E-state index in [1.165, 1.54) is 0 Å². The molecule has 1 rings (SSSR count). The molecule has 2 N–H and O–H groups in total. The van der Waals surface area contributed by atoms with Crippen molar-refractivity contribution in [1.82, 2.24) is 5.32 Å². The minimum absolute atomic E-state index is 0.357. The topological polar surface area (TPSA) is 66.4 Å². The maximum absolute atomic E-state index is 12.0. The molecule has 0 saturated heterocycles. The normalized spacial score (nSPS) is 11.9. The summed E-state index contributed by atoms with van der Waals surface area (Å²) in [6, 6.07) is 4.38. The predicted octanol–water partition coefficient (Wildman–Crippen LogP) is 3.13. The number of hydrogen-bond donors (Lipinski definition) is 2. The highest BCUT2D eigenvalue weighted by Gasteiger charge is 2.20. The Labute approximate surface area is 121 Å². The number of carbonyl (C=O) groups is 2. The van der Waals surface area contributed by atoms with Crippen molar-refractivity contribution in [2.45, 2.75) is 39.2 Å². The van der Waals surface area contributed by atoms with Crippen LogP contribution in [-0.2, 0) is 4.79 Å². The zero-order valence-corrected chi connectivity index (χ0v) is 12.7. The van der Waals surface area contributed by atoms with Crippen LogP contribution in [0.1, 0.15) is 42.1 Å². The average molecular weight is 328 g/mol. The largest absolute Gasteiger partial charge is 0.480 e. The monoisotopic (exact) mass is 327 g/mol. The number of hydrogen-bond acceptors (Lipinski definition) is 2. The first-order chi connectivity index (χ1) is 8.95. The van der Waals surface area contributed by atoms with Crippen LogP contribution in [0.15, 0.2) is 22.7 Å². The van der Waals surface area contributed by atoms with Gasteiger partial charge < -0.3 is 10.4 Å². The first kappa shape index (κ1) is 15.7. The van der Waals surface area contributed by atoms with E-state index in [4.69, 9.17) is 5.11 Å². The maximum atomic E-state index is 12.0. The molecule has 0 heterocycles. The van der Waals surface area contributed by atoms with Crippen molar-refractivity contribution in [3.63, 3.8) is 0 Å². The van der Waals surface area contributed by atoms with E-state index in [0.29, 0.717) is 12.0 Å². The van der Waals surface area contributed by atoms with Gasteiger partial charge in [-0.25, -0.2) is 4.79 Å². The van der Waals surface area contributed by atoms with Gasteiger partial charge in [0.25, 0.3) is 5.91 Å². The molecule has 1 aromatic carbocycles. The van der Waals surface area contributed by atoms with Gasteiger partial charge in [-0.2, -0.15) is 0 Å². The van der Waals surface area contributed by atoms with E-state index >= 15 is 0 Å². The molecule has 0 aliphatic heterocycles. The number of halogens is 1. The molecule has 0 aliphatic rings. The van der Waals surface area contributed by atoms with E-state index in [0.717, 1.165) is 22.9 Å². The molecule has 19 heavy (non-hydrogen) atoms. The fourth-order valence-electron chi connectivity index (χ4n) is 1.64. The first-order valence-electron chi connectivity index (χ1n) is 6.25. The Hall–Kier alpha value is -1.36. The highest BCUT2D eigenvalue weighted by molar-refractivity contribution is 9.10. The molecule has 1 amide bonds. The molecule has 1 aromatic rings. The lowest BCUT2D eigenvalue weighted by Gasteiger charge is -2.14. The van der Waals surface area contributed by atoms with E-state index in [9.17, 15) is 9.59 Å². The summed E-state index contributed by atoms with van der Waals surface area (Å²) < 4.78 is 0.834. The number of carboxylic acids is 1. The summed E-state index contributed by atoms with van der Waals surface area (Å²) in [4.78, 5) is 23.1. The number of nitrogens with one attached hydrogen (secondary N) is 1. The zero-order valence-electron chi connectivity index (χ0n) is 11.1. The molecule has 0 saturated carbocycles. The van der Waals surface area contributed by atoms with Crippen molar-refractivity contribution in [3.8, 4) is 0 Å². The Morgan fingerprint density at radius 1 is 1.42 bits per heavy atom. The Bertz CT molecular complexity index is 474. The van der Waals surface area contributed by atoms with Crippen molar-refractivity contribution in [2.75, 3.05) is 0 Å². The summed E-state index contributed by atoms with van der Waals surface area (Å²) in [6.07, 6.45) is 2.12. The lowest BCUT2D eigenvalue weighted by atomic mass is 10.1. The summed E-state index contributed by atoms with van der Waals surface area (Å²) in [5.41, 5.74) is 1.48. The minimum atomic E-state index is -0.993. The standard InChI is InChI=1S/C14H18BrNO3/c1-3-4-5-12(14(18)19)16-13(17)10-7-6-9(2)11(15)8-10/h6-8,12H,3-5H2,1-2H3,(H,16,17)(H,18,19)/t12-/m0/s1. The molecule has 0 spiro atoms. The second-order valence-electron chi connectivity index (χ2n) is 4.47. The van der Waals surface area contributed by atoms with Crippen molar-refractivity contribution >= 4 is 27.8 Å². The number of benzene rings is 1. The number of carbonyl (C=O) groups excluding carboxylic acids is 1. The molecule has 4 nitrogen and oxygen atoms in total. The summed E-state index contributed by atoms with van der Waals surface area (Å²) in [5.74, 6) is -1.35. The zero-order chi connectivity index (χ0) is 14.4. The molecule has 0 radical (unpaired) electrons. The van der Waals surface area contributed by atoms with Crippen molar-refractivity contribution in [3.05, 3.63) is 33.8 Å². The van der Waals surface area contributed by atoms with Gasteiger partial charge >= 0.3 is 5.97 Å². The number of aliphatic carboxylic acids is 1. The Balaban J connectivity index is 2.75. The smallest absolute Gasteiger partial charge is 0.326 e. The number of rotatable bonds is 6. The summed E-state index contributed by atoms with van der Waals surface area (Å²) in [5, 5.41) is 11.6. The quantitative estimate of drug-likeness (QED) is 0.843. The molecule has 0 aliphatic carbocycles. The van der Waals surface area contributed by atoms with Gasteiger partial charge in [0.05, 0.1) is 0 Å². The molecule has 0 aromatic heterocycles. The highest BCUT2D eigenvalue weighted by atomic mass is 79.9. The molecule has 0 unspecified atom stereocenters. The predicted molar refractivity (Wildman–Crippen MR) is 77.3 cm³/mol. The molecule has 104 valence electrons. The van der Waals surface area contributed by atoms with Gasteiger partial charge in [0.2, 0.25) is 0 Å². The second kappa shape index (κ2) is 7.28. The average Bonchev–Trinajstić information content (AvgIpc) is 2.37. The van der Waals surface area contributed by atoms with Gasteiger partial charge in [-0.15, -0.1) is 0 Å². The van der Waals surface area contributed by atoms with Crippen LogP contribution in [0, 0.1) is 6.92 Å². The third-order valence-electron chi connectivity index (χ3n) is 2.88. The van der Waals surface area contributed by atoms with Crippen LogP contribution in [0.4, 0.5) is 0 Å². The number of carboxylic acid groups (broad SMARTS) is 1. The van der Waals surface area contributed by atoms with E-state index in [1.807, 2.05) is 19.9 Å². The van der Waals surface area contributed by atoms with Gasteiger partial charge in [-0.3, -0.25) is 4.79 Å². The van der Waals surface area contributed by atoms with Gasteiger partial charge in [-0.1, -0.05) is 41.8 Å². The molecule has 5 heteroatoms. The number of aryl methyl sites for hydroxylation is 1. The lowest BCUT2D eigenvalue weighted by Crippen LogP contribution is -2.40. The van der Waals surface area contributed by atoms with Crippen LogP contribution >= 0.6 is 15.9 Å². The first-order valence-corrected chi connectivity index (χ1v) is 7.04. The Kier molecular flexibility index (Phi) is 6.02.